The lowest BCUT2D eigenvalue weighted by Gasteiger charge is -2.37. The molecule has 156 valence electrons. The molecule has 2 heterocycles. The van der Waals surface area contributed by atoms with Crippen molar-refractivity contribution in [2.45, 2.75) is 66.2 Å². The zero-order valence-corrected chi connectivity index (χ0v) is 18.1. The molecule has 1 fully saturated rings. The fraction of sp³-hybridized carbons (Fsp3) is 0.591. The Labute approximate surface area is 172 Å². The average Bonchev–Trinajstić information content (AvgIpc) is 2.97. The van der Waals surface area contributed by atoms with Crippen molar-refractivity contribution in [3.8, 4) is 0 Å². The monoisotopic (exact) mass is 397 g/mol. The summed E-state index contributed by atoms with van der Waals surface area (Å²) in [5.74, 6) is 0. The Morgan fingerprint density at radius 1 is 1.24 bits per heavy atom. The summed E-state index contributed by atoms with van der Waals surface area (Å²) in [6.07, 6.45) is 1.92. The van der Waals surface area contributed by atoms with Crippen LogP contribution in [0.25, 0.3) is 21.3 Å². The number of piperidine rings is 1. The van der Waals surface area contributed by atoms with E-state index in [-0.39, 0.29) is 12.6 Å². The highest BCUT2D eigenvalue weighted by atomic mass is 16.6. The van der Waals surface area contributed by atoms with Crippen LogP contribution in [0.4, 0.5) is 4.79 Å². The summed E-state index contributed by atoms with van der Waals surface area (Å²) in [6.45, 7) is 13.2. The van der Waals surface area contributed by atoms with Gasteiger partial charge in [0, 0.05) is 22.5 Å². The van der Waals surface area contributed by atoms with Gasteiger partial charge in [0.25, 0.3) is 0 Å². The van der Waals surface area contributed by atoms with E-state index in [9.17, 15) is 4.79 Å². The minimum Gasteiger partial charge on any atom is -0.443 e. The Balaban J connectivity index is 1.97. The minimum absolute atomic E-state index is 0.252. The van der Waals surface area contributed by atoms with Crippen LogP contribution in [0, 0.1) is 5.41 Å². The number of hydrogen-bond acceptors (Lipinski definition) is 4. The van der Waals surface area contributed by atoms with Gasteiger partial charge in [-0.05, 0) is 75.3 Å². The molecule has 29 heavy (non-hydrogen) atoms. The van der Waals surface area contributed by atoms with Gasteiger partial charge in [-0.1, -0.05) is 31.1 Å². The molecule has 0 saturated carbocycles. The lowest BCUT2D eigenvalue weighted by atomic mass is 9.83. The second kappa shape index (κ2) is 8.09. The Morgan fingerprint density at radius 2 is 1.93 bits per heavy atom. The topological polar surface area (TPSA) is 83.2 Å². The number of hydrogen-bond donors (Lipinski definition) is 0. The molecule has 0 atom stereocenters. The van der Waals surface area contributed by atoms with Crippen LogP contribution in [0.1, 0.15) is 58.7 Å². The molecule has 7 heteroatoms. The molecule has 0 spiro atoms. The predicted molar refractivity (Wildman–Crippen MR) is 115 cm³/mol. The van der Waals surface area contributed by atoms with Crippen molar-refractivity contribution in [1.29, 1.82) is 0 Å². The van der Waals surface area contributed by atoms with Gasteiger partial charge in [0.2, 0.25) is 0 Å². The Morgan fingerprint density at radius 3 is 2.55 bits per heavy atom. The van der Waals surface area contributed by atoms with Crippen molar-refractivity contribution >= 4 is 17.0 Å². The largest absolute Gasteiger partial charge is 0.443 e. The third-order valence-corrected chi connectivity index (χ3v) is 5.43. The molecule has 1 aliphatic heterocycles. The van der Waals surface area contributed by atoms with E-state index >= 15 is 0 Å². The first-order chi connectivity index (χ1) is 13.6. The fourth-order valence-corrected chi connectivity index (χ4v) is 3.70. The number of carbonyl (C=O) groups excluding carboxylic acids is 1. The zero-order chi connectivity index (χ0) is 21.2. The van der Waals surface area contributed by atoms with Crippen LogP contribution in [-0.4, -0.2) is 34.3 Å². The quantitative estimate of drug-likeness (QED) is 0.368. The number of azide groups is 1. The molecule has 1 aliphatic rings. The standard InChI is InChI=1S/C22H31N5O2/c1-21(2,3)29-20(28)27-18(15-26-10-8-22(4,5)9-11-26)13-17-7-6-16(12-19(17)27)14-24-25-23/h6-7,12-13H,8-11,14-15H2,1-5H3. The SMILES string of the molecule is CC1(C)CCN(Cc2cc3ccc(CN=[N+]=[N-])cc3n2C(=O)OC(C)(C)C)CC1. The molecule has 1 aromatic carbocycles. The number of likely N-dealkylation sites (tertiary alicyclic amines) is 1. The fourth-order valence-electron chi connectivity index (χ4n) is 3.70. The maximum absolute atomic E-state index is 13.1. The summed E-state index contributed by atoms with van der Waals surface area (Å²) in [7, 11) is 0. The first kappa shape index (κ1) is 21.2. The molecular formula is C22H31N5O2. The Hall–Kier alpha value is -2.50. The second-order valence-electron chi connectivity index (χ2n) is 9.67. The molecule has 2 aromatic rings. The number of ether oxygens (including phenoxy) is 1. The van der Waals surface area contributed by atoms with Crippen molar-refractivity contribution in [3.63, 3.8) is 0 Å². The van der Waals surface area contributed by atoms with Crippen LogP contribution in [-0.2, 0) is 17.8 Å². The van der Waals surface area contributed by atoms with Gasteiger partial charge in [-0.3, -0.25) is 4.90 Å². The number of aromatic nitrogens is 1. The average molecular weight is 398 g/mol. The summed E-state index contributed by atoms with van der Waals surface area (Å²) in [6, 6.07) is 7.89. The molecule has 0 N–H and O–H groups in total. The van der Waals surface area contributed by atoms with Crippen LogP contribution in [0.2, 0.25) is 0 Å². The number of fused-ring (bicyclic) bond motifs is 1. The van der Waals surface area contributed by atoms with Crippen molar-refractivity contribution in [2.75, 3.05) is 13.1 Å². The Kier molecular flexibility index (Phi) is 5.92. The van der Waals surface area contributed by atoms with E-state index in [1.807, 2.05) is 39.0 Å². The maximum Gasteiger partial charge on any atom is 0.419 e. The molecular weight excluding hydrogens is 366 g/mol. The molecule has 1 saturated heterocycles. The Bertz CT molecular complexity index is 938. The van der Waals surface area contributed by atoms with Gasteiger partial charge < -0.3 is 4.74 Å². The van der Waals surface area contributed by atoms with Crippen molar-refractivity contribution in [2.24, 2.45) is 10.5 Å². The summed E-state index contributed by atoms with van der Waals surface area (Å²) in [5, 5.41) is 4.62. The van der Waals surface area contributed by atoms with Gasteiger partial charge in [0.05, 0.1) is 12.1 Å². The van der Waals surface area contributed by atoms with Crippen LogP contribution in [0.15, 0.2) is 29.4 Å². The van der Waals surface area contributed by atoms with Crippen LogP contribution >= 0.6 is 0 Å². The molecule has 1 aromatic heterocycles. The lowest BCUT2D eigenvalue weighted by Crippen LogP contribution is -2.37. The first-order valence-electron chi connectivity index (χ1n) is 10.2. The van der Waals surface area contributed by atoms with Crippen LogP contribution in [0.5, 0.6) is 0 Å². The van der Waals surface area contributed by atoms with E-state index in [1.165, 1.54) is 0 Å². The third kappa shape index (κ3) is 5.31. The molecule has 0 unspecified atom stereocenters. The molecule has 7 nitrogen and oxygen atoms in total. The van der Waals surface area contributed by atoms with Crippen LogP contribution < -0.4 is 0 Å². The van der Waals surface area contributed by atoms with Crippen molar-refractivity contribution < 1.29 is 9.53 Å². The lowest BCUT2D eigenvalue weighted by molar-refractivity contribution is 0.0531. The summed E-state index contributed by atoms with van der Waals surface area (Å²) >= 11 is 0. The van der Waals surface area contributed by atoms with E-state index < -0.39 is 5.60 Å². The summed E-state index contributed by atoms with van der Waals surface area (Å²) in [5.41, 5.74) is 11.0. The zero-order valence-electron chi connectivity index (χ0n) is 18.1. The summed E-state index contributed by atoms with van der Waals surface area (Å²) in [4.78, 5) is 18.3. The van der Waals surface area contributed by atoms with Gasteiger partial charge in [-0.15, -0.1) is 0 Å². The minimum atomic E-state index is -0.581. The van der Waals surface area contributed by atoms with Gasteiger partial charge >= 0.3 is 6.09 Å². The number of nitrogens with zero attached hydrogens (tertiary/aromatic N) is 5. The smallest absolute Gasteiger partial charge is 0.419 e. The highest BCUT2D eigenvalue weighted by Gasteiger charge is 2.27. The first-order valence-corrected chi connectivity index (χ1v) is 10.2. The normalized spacial score (nSPS) is 17.1. The second-order valence-corrected chi connectivity index (χ2v) is 9.67. The molecule has 0 bridgehead atoms. The van der Waals surface area contributed by atoms with E-state index in [2.05, 4.69) is 34.8 Å². The molecule has 0 aliphatic carbocycles. The number of benzene rings is 1. The van der Waals surface area contributed by atoms with Gasteiger partial charge in [0.1, 0.15) is 5.60 Å². The van der Waals surface area contributed by atoms with E-state index in [1.54, 1.807) is 4.57 Å². The molecule has 3 rings (SSSR count). The highest BCUT2D eigenvalue weighted by Crippen LogP contribution is 2.31. The molecule has 0 radical (unpaired) electrons. The number of rotatable bonds is 4. The van der Waals surface area contributed by atoms with Gasteiger partial charge in [0.15, 0.2) is 0 Å². The maximum atomic E-state index is 13.1. The van der Waals surface area contributed by atoms with Crippen LogP contribution in [0.3, 0.4) is 0 Å². The van der Waals surface area contributed by atoms with E-state index in [0.29, 0.717) is 12.0 Å². The number of carbonyl (C=O) groups is 1. The van der Waals surface area contributed by atoms with E-state index in [4.69, 9.17) is 10.3 Å². The van der Waals surface area contributed by atoms with Crippen molar-refractivity contribution in [3.05, 3.63) is 46.0 Å². The summed E-state index contributed by atoms with van der Waals surface area (Å²) < 4.78 is 7.38. The highest BCUT2D eigenvalue weighted by molar-refractivity contribution is 5.91. The van der Waals surface area contributed by atoms with E-state index in [0.717, 1.165) is 48.1 Å². The van der Waals surface area contributed by atoms with Gasteiger partial charge in [-0.25, -0.2) is 9.36 Å². The predicted octanol–water partition coefficient (Wildman–Crippen LogP) is 5.86. The van der Waals surface area contributed by atoms with Crippen molar-refractivity contribution in [1.82, 2.24) is 9.47 Å². The third-order valence-electron chi connectivity index (χ3n) is 5.43. The molecule has 0 amide bonds. The van der Waals surface area contributed by atoms with Gasteiger partial charge in [-0.2, -0.15) is 0 Å².